The second kappa shape index (κ2) is 8.85. The third-order valence-electron chi connectivity index (χ3n) is 3.83. The number of alkyl halides is 3. The number of urea groups is 1. The second-order valence-electron chi connectivity index (χ2n) is 5.74. The maximum Gasteiger partial charge on any atom is 0.416 e. The average molecular weight is 413 g/mol. The van der Waals surface area contributed by atoms with Crippen molar-refractivity contribution in [2.45, 2.75) is 12.7 Å². The fraction of sp³-hybridized carbons (Fsp3) is 0.533. The Labute approximate surface area is 153 Å². The van der Waals surface area contributed by atoms with Crippen LogP contribution in [0.1, 0.15) is 11.1 Å². The summed E-state index contributed by atoms with van der Waals surface area (Å²) in [5.74, 6) is -1.38. The molecular weight excluding hydrogens is 394 g/mol. The van der Waals surface area contributed by atoms with E-state index in [2.05, 4.69) is 10.6 Å². The molecule has 1 heterocycles. The summed E-state index contributed by atoms with van der Waals surface area (Å²) >= 11 is 0. The molecule has 1 saturated heterocycles. The van der Waals surface area contributed by atoms with Crippen molar-refractivity contribution in [2.75, 3.05) is 38.6 Å². The summed E-state index contributed by atoms with van der Waals surface area (Å²) in [6.07, 6.45) is -4.76. The Morgan fingerprint density at radius 3 is 2.48 bits per heavy atom. The molecular formula is C15H19F4N3O4S. The topological polar surface area (TPSA) is 87.7 Å². The van der Waals surface area contributed by atoms with Crippen LogP contribution in [0.25, 0.3) is 0 Å². The smallest absolute Gasteiger partial charge is 0.379 e. The number of nitrogens with zero attached hydrogens (tertiary/aromatic N) is 1. The molecule has 0 saturated carbocycles. The number of carbonyl (C=O) groups excluding carboxylic acids is 1. The van der Waals surface area contributed by atoms with Gasteiger partial charge in [0.2, 0.25) is 10.0 Å². The largest absolute Gasteiger partial charge is 0.416 e. The highest BCUT2D eigenvalue weighted by molar-refractivity contribution is 7.89. The molecule has 27 heavy (non-hydrogen) atoms. The Bertz CT molecular complexity index is 765. The first-order valence-electron chi connectivity index (χ1n) is 8.02. The van der Waals surface area contributed by atoms with Gasteiger partial charge in [-0.25, -0.2) is 17.6 Å². The molecule has 2 rings (SSSR count). The summed E-state index contributed by atoms with van der Waals surface area (Å²) in [5.41, 5.74) is -1.49. The number of halogens is 4. The van der Waals surface area contributed by atoms with E-state index in [4.69, 9.17) is 4.74 Å². The van der Waals surface area contributed by atoms with Crippen LogP contribution in [0.4, 0.5) is 22.4 Å². The van der Waals surface area contributed by atoms with Crippen molar-refractivity contribution in [3.63, 3.8) is 0 Å². The second-order valence-corrected chi connectivity index (χ2v) is 7.82. The number of morpholine rings is 1. The molecule has 0 aliphatic carbocycles. The number of rotatable bonds is 6. The third kappa shape index (κ3) is 6.33. The highest BCUT2D eigenvalue weighted by atomic mass is 32.2. The summed E-state index contributed by atoms with van der Waals surface area (Å²) in [5, 5.41) is 4.47. The number of benzene rings is 1. The van der Waals surface area contributed by atoms with Crippen LogP contribution >= 0.6 is 0 Å². The Hall–Kier alpha value is -1.92. The van der Waals surface area contributed by atoms with Crippen molar-refractivity contribution in [1.29, 1.82) is 0 Å². The van der Waals surface area contributed by atoms with Crippen LogP contribution in [-0.2, 0) is 27.5 Å². The maximum atomic E-state index is 13.0. The van der Waals surface area contributed by atoms with Crippen molar-refractivity contribution in [3.05, 3.63) is 35.1 Å². The Kier molecular flexibility index (Phi) is 7.00. The summed E-state index contributed by atoms with van der Waals surface area (Å²) in [6.45, 7) is 0.371. The van der Waals surface area contributed by atoms with Gasteiger partial charge >= 0.3 is 12.2 Å². The lowest BCUT2D eigenvalue weighted by atomic mass is 10.1. The van der Waals surface area contributed by atoms with Crippen molar-refractivity contribution < 1.29 is 35.5 Å². The Morgan fingerprint density at radius 2 is 1.85 bits per heavy atom. The summed E-state index contributed by atoms with van der Waals surface area (Å²) in [6, 6.07) is 1.31. The molecule has 0 atom stereocenters. The zero-order valence-electron chi connectivity index (χ0n) is 14.2. The van der Waals surface area contributed by atoms with Crippen LogP contribution in [0.5, 0.6) is 0 Å². The molecule has 0 spiro atoms. The van der Waals surface area contributed by atoms with Gasteiger partial charge in [-0.2, -0.15) is 17.5 Å². The molecule has 1 aliphatic heterocycles. The lowest BCUT2D eigenvalue weighted by Gasteiger charge is -2.26. The number of hydrogen-bond donors (Lipinski definition) is 2. The molecule has 7 nitrogen and oxygen atoms in total. The zero-order valence-corrected chi connectivity index (χ0v) is 15.0. The summed E-state index contributed by atoms with van der Waals surface area (Å²) in [4.78, 5) is 11.7. The van der Waals surface area contributed by atoms with E-state index in [9.17, 15) is 30.8 Å². The zero-order chi connectivity index (χ0) is 20.1. The average Bonchev–Trinajstić information content (AvgIpc) is 2.60. The maximum absolute atomic E-state index is 13.0. The minimum atomic E-state index is -4.76. The van der Waals surface area contributed by atoms with Gasteiger partial charge < -0.3 is 15.4 Å². The van der Waals surface area contributed by atoms with E-state index in [0.29, 0.717) is 19.3 Å². The first-order valence-corrected chi connectivity index (χ1v) is 9.63. The number of nitrogens with one attached hydrogen (secondary N) is 2. The molecule has 1 fully saturated rings. The molecule has 0 bridgehead atoms. The SMILES string of the molecule is O=C(NCCS(=O)(=O)N1CCOCC1)NCc1ccc(F)cc1C(F)(F)F. The van der Waals surface area contributed by atoms with Crippen LogP contribution < -0.4 is 10.6 Å². The first-order chi connectivity index (χ1) is 12.6. The highest BCUT2D eigenvalue weighted by Gasteiger charge is 2.33. The van der Waals surface area contributed by atoms with Gasteiger partial charge in [0, 0.05) is 26.2 Å². The standard InChI is InChI=1S/C15H19F4N3O4S/c16-12-2-1-11(13(9-12)15(17,18)19)10-21-14(23)20-3-8-27(24,25)22-4-6-26-7-5-22/h1-2,9H,3-8,10H2,(H2,20,21,23). The van der Waals surface area contributed by atoms with Crippen LogP contribution in [0.2, 0.25) is 0 Å². The van der Waals surface area contributed by atoms with Crippen LogP contribution in [0, 0.1) is 5.82 Å². The van der Waals surface area contributed by atoms with Crippen molar-refractivity contribution in [3.8, 4) is 0 Å². The van der Waals surface area contributed by atoms with Gasteiger partial charge in [-0.05, 0) is 17.7 Å². The van der Waals surface area contributed by atoms with Gasteiger partial charge in [0.25, 0.3) is 0 Å². The van der Waals surface area contributed by atoms with Gasteiger partial charge in [0.05, 0.1) is 24.5 Å². The lowest BCUT2D eigenvalue weighted by Crippen LogP contribution is -2.44. The van der Waals surface area contributed by atoms with E-state index >= 15 is 0 Å². The van der Waals surface area contributed by atoms with E-state index in [1.807, 2.05) is 0 Å². The highest BCUT2D eigenvalue weighted by Crippen LogP contribution is 2.32. The van der Waals surface area contributed by atoms with Crippen LogP contribution in [-0.4, -0.2) is 57.4 Å². The number of carbonyl (C=O) groups is 1. The van der Waals surface area contributed by atoms with Crippen LogP contribution in [0.3, 0.4) is 0 Å². The number of sulfonamides is 1. The van der Waals surface area contributed by atoms with E-state index in [1.165, 1.54) is 4.31 Å². The molecule has 12 heteroatoms. The van der Waals surface area contributed by atoms with Crippen LogP contribution in [0.15, 0.2) is 18.2 Å². The van der Waals surface area contributed by atoms with E-state index < -0.39 is 40.2 Å². The van der Waals surface area contributed by atoms with Gasteiger partial charge in [0.1, 0.15) is 5.82 Å². The van der Waals surface area contributed by atoms with Crippen molar-refractivity contribution >= 4 is 16.1 Å². The van der Waals surface area contributed by atoms with E-state index in [-0.39, 0.29) is 31.0 Å². The summed E-state index contributed by atoms with van der Waals surface area (Å²) in [7, 11) is -3.56. The predicted molar refractivity (Wildman–Crippen MR) is 87.8 cm³/mol. The number of ether oxygens (including phenoxy) is 1. The van der Waals surface area contributed by atoms with Gasteiger partial charge in [-0.3, -0.25) is 0 Å². The molecule has 1 aliphatic rings. The van der Waals surface area contributed by atoms with Crippen molar-refractivity contribution in [2.24, 2.45) is 0 Å². The molecule has 1 aromatic carbocycles. The Balaban J connectivity index is 1.83. The van der Waals surface area contributed by atoms with E-state index in [1.54, 1.807) is 0 Å². The molecule has 152 valence electrons. The molecule has 2 amide bonds. The fourth-order valence-electron chi connectivity index (χ4n) is 2.45. The Morgan fingerprint density at radius 1 is 1.19 bits per heavy atom. The van der Waals surface area contributed by atoms with Gasteiger partial charge in [-0.1, -0.05) is 6.07 Å². The number of amides is 2. The third-order valence-corrected chi connectivity index (χ3v) is 5.70. The number of hydrogen-bond acceptors (Lipinski definition) is 4. The monoisotopic (exact) mass is 413 g/mol. The normalized spacial score (nSPS) is 16.1. The summed E-state index contributed by atoms with van der Waals surface area (Å²) < 4.78 is 82.2. The lowest BCUT2D eigenvalue weighted by molar-refractivity contribution is -0.138. The first kappa shape index (κ1) is 21.4. The predicted octanol–water partition coefficient (Wildman–Crippen LogP) is 1.31. The van der Waals surface area contributed by atoms with Gasteiger partial charge in [-0.15, -0.1) is 0 Å². The van der Waals surface area contributed by atoms with E-state index in [0.717, 1.165) is 12.1 Å². The van der Waals surface area contributed by atoms with Gasteiger partial charge in [0.15, 0.2) is 0 Å². The molecule has 0 radical (unpaired) electrons. The molecule has 2 N–H and O–H groups in total. The molecule has 0 unspecified atom stereocenters. The quantitative estimate of drug-likeness (QED) is 0.689. The van der Waals surface area contributed by atoms with Crippen molar-refractivity contribution in [1.82, 2.24) is 14.9 Å². The minimum absolute atomic E-state index is 0.207. The minimum Gasteiger partial charge on any atom is -0.379 e. The molecule has 0 aromatic heterocycles. The fourth-order valence-corrected chi connectivity index (χ4v) is 3.78. The molecule has 1 aromatic rings.